The van der Waals surface area contributed by atoms with Crippen molar-refractivity contribution in [3.8, 4) is 0 Å². The van der Waals surface area contributed by atoms with Crippen LogP contribution >= 0.6 is 0 Å². The molecule has 2 heterocycles. The second-order valence-electron chi connectivity index (χ2n) is 6.84. The number of hydrogen-bond donors (Lipinski definition) is 1. The smallest absolute Gasteiger partial charge is 0.251 e. The number of likely N-dealkylation sites (tertiary alicyclic amines) is 1. The van der Waals surface area contributed by atoms with Crippen LogP contribution in [0.5, 0.6) is 0 Å². The molecular weight excluding hydrogens is 310 g/mol. The number of pyridine rings is 1. The zero-order chi connectivity index (χ0) is 17.5. The number of piperidine rings is 1. The molecule has 1 aromatic heterocycles. The van der Waals surface area contributed by atoms with Crippen LogP contribution < -0.4 is 5.32 Å². The van der Waals surface area contributed by atoms with Crippen LogP contribution in [0.1, 0.15) is 41.3 Å². The van der Waals surface area contributed by atoms with Crippen molar-refractivity contribution < 1.29 is 4.79 Å². The van der Waals surface area contributed by atoms with E-state index in [-0.39, 0.29) is 5.91 Å². The van der Waals surface area contributed by atoms with Crippen molar-refractivity contribution in [3.63, 3.8) is 0 Å². The lowest BCUT2D eigenvalue weighted by Crippen LogP contribution is -2.38. The van der Waals surface area contributed by atoms with Crippen molar-refractivity contribution in [2.24, 2.45) is 5.92 Å². The molecule has 1 saturated heterocycles. The fraction of sp³-hybridized carbons (Fsp3) is 0.429. The predicted molar refractivity (Wildman–Crippen MR) is 100 cm³/mol. The van der Waals surface area contributed by atoms with Gasteiger partial charge in [-0.2, -0.15) is 0 Å². The van der Waals surface area contributed by atoms with Gasteiger partial charge in [-0.3, -0.25) is 14.7 Å². The number of carbonyl (C=O) groups is 1. The maximum absolute atomic E-state index is 12.3. The minimum Gasteiger partial charge on any atom is -0.352 e. The van der Waals surface area contributed by atoms with Gasteiger partial charge in [0, 0.05) is 31.0 Å². The number of hydrogen-bond acceptors (Lipinski definition) is 3. The molecule has 0 spiro atoms. The van der Waals surface area contributed by atoms with Gasteiger partial charge >= 0.3 is 0 Å². The zero-order valence-corrected chi connectivity index (χ0v) is 14.9. The van der Waals surface area contributed by atoms with Gasteiger partial charge in [0.25, 0.3) is 5.91 Å². The van der Waals surface area contributed by atoms with Crippen molar-refractivity contribution in [1.29, 1.82) is 0 Å². The van der Waals surface area contributed by atoms with E-state index in [0.29, 0.717) is 5.92 Å². The molecular formula is C21H27N3O. The molecule has 3 rings (SSSR count). The minimum absolute atomic E-state index is 0.0421. The Kier molecular flexibility index (Phi) is 6.18. The van der Waals surface area contributed by atoms with Crippen LogP contribution in [0.3, 0.4) is 0 Å². The van der Waals surface area contributed by atoms with E-state index in [0.717, 1.165) is 51.0 Å². The van der Waals surface area contributed by atoms with Gasteiger partial charge in [-0.25, -0.2) is 0 Å². The Morgan fingerprint density at radius 3 is 2.56 bits per heavy atom. The Morgan fingerprint density at radius 2 is 1.92 bits per heavy atom. The summed E-state index contributed by atoms with van der Waals surface area (Å²) in [5, 5.41) is 3.10. The first-order valence-electron chi connectivity index (χ1n) is 9.23. The molecule has 1 N–H and O–H groups in total. The first kappa shape index (κ1) is 17.6. The molecule has 2 aromatic rings. The van der Waals surface area contributed by atoms with Crippen LogP contribution in [0.2, 0.25) is 0 Å². The minimum atomic E-state index is 0.0421. The van der Waals surface area contributed by atoms with E-state index in [1.165, 1.54) is 11.1 Å². The molecule has 1 amide bonds. The molecule has 4 nitrogen and oxygen atoms in total. The topological polar surface area (TPSA) is 45.2 Å². The quantitative estimate of drug-likeness (QED) is 0.880. The Bertz CT molecular complexity index is 661. The number of amides is 1. The third-order valence-electron chi connectivity index (χ3n) is 5.01. The molecule has 0 aliphatic carbocycles. The highest BCUT2D eigenvalue weighted by Crippen LogP contribution is 2.18. The van der Waals surface area contributed by atoms with E-state index in [2.05, 4.69) is 28.2 Å². The summed E-state index contributed by atoms with van der Waals surface area (Å²) in [4.78, 5) is 18.9. The normalized spacial score (nSPS) is 15.9. The first-order valence-corrected chi connectivity index (χ1v) is 9.23. The Hall–Kier alpha value is -2.20. The molecule has 0 unspecified atom stereocenters. The Balaban J connectivity index is 1.40. The molecule has 1 fully saturated rings. The van der Waals surface area contributed by atoms with Crippen LogP contribution in [0.15, 0.2) is 48.8 Å². The molecule has 4 heteroatoms. The van der Waals surface area contributed by atoms with Gasteiger partial charge in [0.2, 0.25) is 0 Å². The van der Waals surface area contributed by atoms with Crippen molar-refractivity contribution in [2.75, 3.05) is 19.6 Å². The number of benzene rings is 1. The molecule has 25 heavy (non-hydrogen) atoms. The first-order chi connectivity index (χ1) is 12.2. The SMILES string of the molecule is CCc1ccc(C(=O)NCC2CCN(Cc3cccnc3)CC2)cc1. The summed E-state index contributed by atoms with van der Waals surface area (Å²) in [7, 11) is 0. The number of carbonyl (C=O) groups excluding carboxylic acids is 1. The summed E-state index contributed by atoms with van der Waals surface area (Å²) in [5.74, 6) is 0.615. The van der Waals surface area contributed by atoms with Crippen LogP contribution in [-0.2, 0) is 13.0 Å². The Morgan fingerprint density at radius 1 is 1.16 bits per heavy atom. The van der Waals surface area contributed by atoms with Crippen molar-refractivity contribution >= 4 is 5.91 Å². The van der Waals surface area contributed by atoms with E-state index in [1.54, 1.807) is 0 Å². The maximum Gasteiger partial charge on any atom is 0.251 e. The van der Waals surface area contributed by atoms with Crippen LogP contribution in [0.25, 0.3) is 0 Å². The van der Waals surface area contributed by atoms with E-state index >= 15 is 0 Å². The van der Waals surface area contributed by atoms with Crippen molar-refractivity contribution in [1.82, 2.24) is 15.2 Å². The van der Waals surface area contributed by atoms with E-state index < -0.39 is 0 Å². The number of aromatic nitrogens is 1. The van der Waals surface area contributed by atoms with Crippen LogP contribution in [-0.4, -0.2) is 35.4 Å². The van der Waals surface area contributed by atoms with Gasteiger partial charge in [0.05, 0.1) is 0 Å². The molecule has 1 aliphatic rings. The van der Waals surface area contributed by atoms with Gasteiger partial charge < -0.3 is 5.32 Å². The van der Waals surface area contributed by atoms with Gasteiger partial charge in [-0.15, -0.1) is 0 Å². The largest absolute Gasteiger partial charge is 0.352 e. The van der Waals surface area contributed by atoms with Crippen LogP contribution in [0, 0.1) is 5.92 Å². The van der Waals surface area contributed by atoms with Gasteiger partial charge in [0.1, 0.15) is 0 Å². The highest BCUT2D eigenvalue weighted by atomic mass is 16.1. The van der Waals surface area contributed by atoms with E-state index in [1.807, 2.05) is 42.7 Å². The highest BCUT2D eigenvalue weighted by Gasteiger charge is 2.20. The summed E-state index contributed by atoms with van der Waals surface area (Å²) in [6.45, 7) is 6.03. The summed E-state index contributed by atoms with van der Waals surface area (Å²) in [6, 6.07) is 12.0. The van der Waals surface area contributed by atoms with E-state index in [9.17, 15) is 4.79 Å². The number of rotatable bonds is 6. The third-order valence-corrected chi connectivity index (χ3v) is 5.01. The maximum atomic E-state index is 12.3. The summed E-state index contributed by atoms with van der Waals surface area (Å²) >= 11 is 0. The summed E-state index contributed by atoms with van der Waals surface area (Å²) in [5.41, 5.74) is 3.29. The van der Waals surface area contributed by atoms with Crippen molar-refractivity contribution in [2.45, 2.75) is 32.7 Å². The van der Waals surface area contributed by atoms with Crippen molar-refractivity contribution in [3.05, 3.63) is 65.5 Å². The molecule has 1 aliphatic heterocycles. The molecule has 1 aromatic carbocycles. The number of aryl methyl sites for hydroxylation is 1. The lowest BCUT2D eigenvalue weighted by molar-refractivity contribution is 0.0935. The summed E-state index contributed by atoms with van der Waals surface area (Å²) in [6.07, 6.45) is 7.02. The Labute approximate surface area is 150 Å². The molecule has 0 saturated carbocycles. The second-order valence-corrected chi connectivity index (χ2v) is 6.84. The fourth-order valence-corrected chi connectivity index (χ4v) is 3.33. The highest BCUT2D eigenvalue weighted by molar-refractivity contribution is 5.94. The lowest BCUT2D eigenvalue weighted by atomic mass is 9.96. The number of nitrogens with zero attached hydrogens (tertiary/aromatic N) is 2. The second kappa shape index (κ2) is 8.77. The van der Waals surface area contributed by atoms with Gasteiger partial charge in [0.15, 0.2) is 0 Å². The van der Waals surface area contributed by atoms with Gasteiger partial charge in [-0.1, -0.05) is 25.1 Å². The van der Waals surface area contributed by atoms with E-state index in [4.69, 9.17) is 0 Å². The van der Waals surface area contributed by atoms with Crippen LogP contribution in [0.4, 0.5) is 0 Å². The third kappa shape index (κ3) is 5.13. The summed E-state index contributed by atoms with van der Waals surface area (Å²) < 4.78 is 0. The van der Waals surface area contributed by atoms with Gasteiger partial charge in [-0.05, 0) is 67.6 Å². The number of nitrogens with one attached hydrogen (secondary N) is 1. The lowest BCUT2D eigenvalue weighted by Gasteiger charge is -2.32. The average molecular weight is 337 g/mol. The average Bonchev–Trinajstić information content (AvgIpc) is 2.68. The molecule has 0 bridgehead atoms. The zero-order valence-electron chi connectivity index (χ0n) is 14.9. The molecule has 0 atom stereocenters. The molecule has 132 valence electrons. The predicted octanol–water partition coefficient (Wildman–Crippen LogP) is 3.29. The monoisotopic (exact) mass is 337 g/mol. The fourth-order valence-electron chi connectivity index (χ4n) is 3.33. The standard InChI is InChI=1S/C21H27N3O/c1-2-17-5-7-20(8-6-17)21(25)23-15-18-9-12-24(13-10-18)16-19-4-3-11-22-14-19/h3-8,11,14,18H,2,9-10,12-13,15-16H2,1H3,(H,23,25). The molecule has 0 radical (unpaired) electrons.